The number of allylic oxidation sites excluding steroid dienone is 6. The third kappa shape index (κ3) is 4.54. The van der Waals surface area contributed by atoms with E-state index in [1.54, 1.807) is 30.3 Å². The van der Waals surface area contributed by atoms with Crippen molar-refractivity contribution in [2.24, 2.45) is 5.41 Å². The summed E-state index contributed by atoms with van der Waals surface area (Å²) in [6.45, 7) is 12.4. The molecule has 1 heterocycles. The molecular weight excluding hydrogens is 422 g/mol. The number of fused-ring (bicyclic) bond motifs is 1. The van der Waals surface area contributed by atoms with Gasteiger partial charge in [-0.15, -0.1) is 0 Å². The molecule has 174 valence electrons. The standard InChI is InChI=1S/C30H31NO3/c1-6-31(7-2)22-15-12-20(13-16-22)14-17-23-18-21(19-26(34-23)30(3,4)5)27-28(32)24-10-8-9-11-25(24)29(27)33/h8-19H,6-7H2,1-5H3/b17-14+. The number of hydrogen-bond donors (Lipinski definition) is 0. The van der Waals surface area contributed by atoms with Gasteiger partial charge in [0.2, 0.25) is 0 Å². The van der Waals surface area contributed by atoms with Crippen molar-refractivity contribution >= 4 is 23.3 Å². The van der Waals surface area contributed by atoms with Crippen molar-refractivity contribution in [1.82, 2.24) is 0 Å². The van der Waals surface area contributed by atoms with E-state index >= 15 is 0 Å². The number of benzene rings is 2. The molecule has 0 aromatic heterocycles. The quantitative estimate of drug-likeness (QED) is 0.370. The van der Waals surface area contributed by atoms with Gasteiger partial charge in [0.1, 0.15) is 11.5 Å². The highest BCUT2D eigenvalue weighted by Crippen LogP contribution is 2.37. The first-order valence-corrected chi connectivity index (χ1v) is 11.8. The molecule has 2 aliphatic rings. The van der Waals surface area contributed by atoms with Gasteiger partial charge in [-0.2, -0.15) is 0 Å². The molecule has 4 rings (SSSR count). The second kappa shape index (κ2) is 9.30. The van der Waals surface area contributed by atoms with E-state index in [0.29, 0.717) is 28.2 Å². The number of rotatable bonds is 5. The van der Waals surface area contributed by atoms with Crippen LogP contribution in [-0.2, 0) is 4.74 Å². The van der Waals surface area contributed by atoms with Crippen LogP contribution in [0.2, 0.25) is 0 Å². The van der Waals surface area contributed by atoms with E-state index in [4.69, 9.17) is 4.74 Å². The molecule has 0 amide bonds. The first-order valence-electron chi connectivity index (χ1n) is 11.8. The van der Waals surface area contributed by atoms with Crippen molar-refractivity contribution < 1.29 is 14.3 Å². The van der Waals surface area contributed by atoms with E-state index < -0.39 is 0 Å². The molecule has 1 aliphatic heterocycles. The van der Waals surface area contributed by atoms with Crippen molar-refractivity contribution in [3.05, 3.63) is 106 Å². The summed E-state index contributed by atoms with van der Waals surface area (Å²) in [5, 5.41) is 0. The number of anilines is 1. The molecule has 1 aliphatic carbocycles. The summed E-state index contributed by atoms with van der Waals surface area (Å²) in [5.41, 5.74) is 3.68. The highest BCUT2D eigenvalue weighted by molar-refractivity contribution is 6.40. The third-order valence-corrected chi connectivity index (χ3v) is 6.17. The minimum absolute atomic E-state index is 0.209. The van der Waals surface area contributed by atoms with Crippen molar-refractivity contribution in [1.29, 1.82) is 0 Å². The lowest BCUT2D eigenvalue weighted by molar-refractivity contribution is 0.0987. The minimum Gasteiger partial charge on any atom is -0.461 e. The molecule has 34 heavy (non-hydrogen) atoms. The first kappa shape index (κ1) is 23.5. The monoisotopic (exact) mass is 453 g/mol. The van der Waals surface area contributed by atoms with Crippen LogP contribution >= 0.6 is 0 Å². The molecule has 0 spiro atoms. The number of Topliss-reactive ketones (excluding diaryl/α,β-unsaturated/α-hetero) is 2. The van der Waals surface area contributed by atoms with Crippen LogP contribution in [0, 0.1) is 5.41 Å². The number of carbonyl (C=O) groups excluding carboxylic acids is 2. The van der Waals surface area contributed by atoms with Gasteiger partial charge in [0.15, 0.2) is 11.6 Å². The fourth-order valence-corrected chi connectivity index (χ4v) is 4.20. The molecule has 0 unspecified atom stereocenters. The Hall–Kier alpha value is -3.66. The van der Waals surface area contributed by atoms with Gasteiger partial charge < -0.3 is 9.64 Å². The summed E-state index contributed by atoms with van der Waals surface area (Å²) in [5.74, 6) is 0.854. The Labute approximate surface area is 201 Å². The molecule has 0 saturated carbocycles. The molecule has 0 saturated heterocycles. The SMILES string of the molecule is CCN(CC)c1ccc(/C=C/C2=CC(=C3C(=O)c4ccccc4C3=O)C=C(C(C)(C)C)O2)cc1. The van der Waals surface area contributed by atoms with E-state index in [1.807, 2.05) is 39.0 Å². The number of ketones is 2. The van der Waals surface area contributed by atoms with Gasteiger partial charge in [-0.25, -0.2) is 0 Å². The lowest BCUT2D eigenvalue weighted by Gasteiger charge is -2.27. The smallest absolute Gasteiger partial charge is 0.198 e. The Kier molecular flexibility index (Phi) is 6.43. The van der Waals surface area contributed by atoms with E-state index in [0.717, 1.165) is 18.7 Å². The van der Waals surface area contributed by atoms with Gasteiger partial charge in [-0.3, -0.25) is 9.59 Å². The third-order valence-electron chi connectivity index (χ3n) is 6.17. The average molecular weight is 454 g/mol. The zero-order chi connectivity index (χ0) is 24.5. The second-order valence-corrected chi connectivity index (χ2v) is 9.54. The van der Waals surface area contributed by atoms with Gasteiger partial charge in [0.25, 0.3) is 0 Å². The van der Waals surface area contributed by atoms with E-state index in [9.17, 15) is 9.59 Å². The van der Waals surface area contributed by atoms with Gasteiger partial charge >= 0.3 is 0 Å². The van der Waals surface area contributed by atoms with E-state index in [-0.39, 0.29) is 22.6 Å². The number of carbonyl (C=O) groups is 2. The predicted octanol–water partition coefficient (Wildman–Crippen LogP) is 6.77. The molecular formula is C30H31NO3. The number of ether oxygens (including phenoxy) is 1. The first-order chi connectivity index (χ1) is 16.2. The van der Waals surface area contributed by atoms with Crippen LogP contribution in [0.5, 0.6) is 0 Å². The molecule has 2 aromatic carbocycles. The molecule has 0 radical (unpaired) electrons. The molecule has 2 aromatic rings. The average Bonchev–Trinajstić information content (AvgIpc) is 3.08. The summed E-state index contributed by atoms with van der Waals surface area (Å²) in [4.78, 5) is 28.5. The highest BCUT2D eigenvalue weighted by Gasteiger charge is 2.36. The van der Waals surface area contributed by atoms with Crippen LogP contribution in [-0.4, -0.2) is 24.7 Å². The molecule has 0 atom stereocenters. The second-order valence-electron chi connectivity index (χ2n) is 9.54. The van der Waals surface area contributed by atoms with E-state index in [1.165, 1.54) is 5.69 Å². The Balaban J connectivity index is 1.69. The number of hydrogen-bond acceptors (Lipinski definition) is 4. The van der Waals surface area contributed by atoms with Crippen LogP contribution in [0.15, 0.2) is 89.4 Å². The molecule has 4 heteroatoms. The summed E-state index contributed by atoms with van der Waals surface area (Å²) < 4.78 is 6.18. The maximum Gasteiger partial charge on any atom is 0.198 e. The van der Waals surface area contributed by atoms with Crippen LogP contribution in [0.4, 0.5) is 5.69 Å². The zero-order valence-corrected chi connectivity index (χ0v) is 20.5. The summed E-state index contributed by atoms with van der Waals surface area (Å²) in [7, 11) is 0. The lowest BCUT2D eigenvalue weighted by Crippen LogP contribution is -2.21. The van der Waals surface area contributed by atoms with Gasteiger partial charge in [-0.05, 0) is 55.3 Å². The summed E-state index contributed by atoms with van der Waals surface area (Å²) >= 11 is 0. The van der Waals surface area contributed by atoms with Crippen LogP contribution in [0.25, 0.3) is 6.08 Å². The fraction of sp³-hybridized carbons (Fsp3) is 0.267. The Morgan fingerprint density at radius 2 is 1.41 bits per heavy atom. The zero-order valence-electron chi connectivity index (χ0n) is 20.5. The van der Waals surface area contributed by atoms with Gasteiger partial charge in [0.05, 0.1) is 5.57 Å². The Morgan fingerprint density at radius 1 is 0.824 bits per heavy atom. The Bertz CT molecular complexity index is 1210. The van der Waals surface area contributed by atoms with Crippen molar-refractivity contribution in [3.8, 4) is 0 Å². The molecule has 0 fully saturated rings. The van der Waals surface area contributed by atoms with Gasteiger partial charge in [-0.1, -0.05) is 63.2 Å². The van der Waals surface area contributed by atoms with Crippen LogP contribution in [0.1, 0.15) is 60.9 Å². The molecule has 0 N–H and O–H groups in total. The predicted molar refractivity (Wildman–Crippen MR) is 138 cm³/mol. The molecule has 0 bridgehead atoms. The summed E-state index contributed by atoms with van der Waals surface area (Å²) in [6.07, 6.45) is 7.49. The lowest BCUT2D eigenvalue weighted by atomic mass is 9.89. The van der Waals surface area contributed by atoms with Crippen molar-refractivity contribution in [2.75, 3.05) is 18.0 Å². The van der Waals surface area contributed by atoms with E-state index in [2.05, 4.69) is 43.0 Å². The van der Waals surface area contributed by atoms with Crippen molar-refractivity contribution in [2.45, 2.75) is 34.6 Å². The summed E-state index contributed by atoms with van der Waals surface area (Å²) in [6, 6.07) is 15.4. The molecule has 4 nitrogen and oxygen atoms in total. The topological polar surface area (TPSA) is 46.6 Å². The maximum absolute atomic E-state index is 13.1. The van der Waals surface area contributed by atoms with Crippen molar-refractivity contribution in [3.63, 3.8) is 0 Å². The highest BCUT2D eigenvalue weighted by atomic mass is 16.5. The normalized spacial score (nSPS) is 15.9. The number of nitrogens with zero attached hydrogens (tertiary/aromatic N) is 1. The van der Waals surface area contributed by atoms with Crippen LogP contribution < -0.4 is 4.90 Å². The maximum atomic E-state index is 13.1. The van der Waals surface area contributed by atoms with Gasteiger partial charge in [0, 0.05) is 35.3 Å². The minimum atomic E-state index is -0.290. The Morgan fingerprint density at radius 3 is 1.94 bits per heavy atom. The fourth-order valence-electron chi connectivity index (χ4n) is 4.20. The largest absolute Gasteiger partial charge is 0.461 e. The van der Waals surface area contributed by atoms with Crippen LogP contribution in [0.3, 0.4) is 0 Å².